The van der Waals surface area contributed by atoms with Gasteiger partial charge in [-0.3, -0.25) is 9.78 Å². The van der Waals surface area contributed by atoms with Crippen LogP contribution in [0.15, 0.2) is 45.7 Å². The lowest BCUT2D eigenvalue weighted by Gasteiger charge is -2.05. The molecule has 0 aliphatic rings. The van der Waals surface area contributed by atoms with E-state index in [-0.39, 0.29) is 5.91 Å². The molecule has 5 heteroatoms. The van der Waals surface area contributed by atoms with E-state index in [0.717, 1.165) is 15.9 Å². The van der Waals surface area contributed by atoms with Crippen LogP contribution in [0.1, 0.15) is 12.2 Å². The number of furan rings is 1. The van der Waals surface area contributed by atoms with Gasteiger partial charge in [0.2, 0.25) is 5.91 Å². The Morgan fingerprint density at radius 2 is 2.35 bits per heavy atom. The average Bonchev–Trinajstić information content (AvgIpc) is 2.82. The van der Waals surface area contributed by atoms with Gasteiger partial charge in [0.25, 0.3) is 0 Å². The highest BCUT2D eigenvalue weighted by atomic mass is 79.9. The summed E-state index contributed by atoms with van der Waals surface area (Å²) >= 11 is 3.32. The lowest BCUT2D eigenvalue weighted by atomic mass is 10.2. The minimum atomic E-state index is -0.0479. The van der Waals surface area contributed by atoms with Gasteiger partial charge in [-0.05, 0) is 34.1 Å². The Bertz CT molecular complexity index is 497. The topological polar surface area (TPSA) is 55.1 Å². The lowest BCUT2D eigenvalue weighted by molar-refractivity contribution is -0.116. The number of carbonyl (C=O) groups excluding carboxylic acids is 1. The van der Waals surface area contributed by atoms with E-state index in [1.165, 1.54) is 0 Å². The molecule has 0 radical (unpaired) electrons. The summed E-state index contributed by atoms with van der Waals surface area (Å²) in [5, 5.41) is 2.81. The Morgan fingerprint density at radius 1 is 1.47 bits per heavy atom. The molecule has 2 aromatic rings. The molecule has 2 heterocycles. The smallest absolute Gasteiger partial charge is 0.224 e. The third-order valence-corrected chi connectivity index (χ3v) is 2.86. The molecule has 0 fully saturated rings. The number of hydrogen-bond donors (Lipinski definition) is 1. The first-order valence-electron chi connectivity index (χ1n) is 5.17. The number of anilines is 1. The lowest BCUT2D eigenvalue weighted by Crippen LogP contribution is -2.12. The number of pyridine rings is 1. The molecule has 0 unspecified atom stereocenters. The van der Waals surface area contributed by atoms with Gasteiger partial charge in [-0.15, -0.1) is 0 Å². The molecule has 0 bridgehead atoms. The molecule has 4 nitrogen and oxygen atoms in total. The van der Waals surface area contributed by atoms with Crippen LogP contribution in [0.5, 0.6) is 0 Å². The third kappa shape index (κ3) is 3.42. The fraction of sp³-hybridized carbons (Fsp3) is 0.167. The van der Waals surface area contributed by atoms with Crippen molar-refractivity contribution in [3.05, 3.63) is 47.1 Å². The van der Waals surface area contributed by atoms with Gasteiger partial charge in [0, 0.05) is 25.2 Å². The minimum absolute atomic E-state index is 0.0479. The van der Waals surface area contributed by atoms with Crippen LogP contribution in [0.25, 0.3) is 0 Å². The van der Waals surface area contributed by atoms with Gasteiger partial charge in [-0.1, -0.05) is 0 Å². The predicted octanol–water partition coefficient (Wildman–Crippen LogP) is 3.01. The number of nitrogens with one attached hydrogen (secondary N) is 1. The van der Waals surface area contributed by atoms with Crippen molar-refractivity contribution in [3.63, 3.8) is 0 Å². The first-order chi connectivity index (χ1) is 8.25. The zero-order valence-electron chi connectivity index (χ0n) is 9.02. The summed E-state index contributed by atoms with van der Waals surface area (Å²) in [4.78, 5) is 15.6. The summed E-state index contributed by atoms with van der Waals surface area (Å²) in [6.07, 6.45) is 5.87. The number of amides is 1. The molecule has 0 saturated heterocycles. The van der Waals surface area contributed by atoms with E-state index in [1.807, 2.05) is 12.1 Å². The van der Waals surface area contributed by atoms with Crippen LogP contribution < -0.4 is 5.32 Å². The van der Waals surface area contributed by atoms with E-state index in [1.54, 1.807) is 24.7 Å². The highest BCUT2D eigenvalue weighted by Crippen LogP contribution is 2.20. The van der Waals surface area contributed by atoms with Gasteiger partial charge in [0.15, 0.2) is 0 Å². The summed E-state index contributed by atoms with van der Waals surface area (Å²) in [5.41, 5.74) is 0.726. The van der Waals surface area contributed by atoms with E-state index in [0.29, 0.717) is 12.8 Å². The van der Waals surface area contributed by atoms with Crippen LogP contribution in [-0.4, -0.2) is 10.9 Å². The van der Waals surface area contributed by atoms with E-state index in [2.05, 4.69) is 26.2 Å². The number of carbonyl (C=O) groups is 1. The molecule has 0 saturated carbocycles. The van der Waals surface area contributed by atoms with Crippen molar-refractivity contribution in [2.24, 2.45) is 0 Å². The van der Waals surface area contributed by atoms with E-state index in [9.17, 15) is 4.79 Å². The zero-order chi connectivity index (χ0) is 12.1. The summed E-state index contributed by atoms with van der Waals surface area (Å²) in [5.74, 6) is 0.766. The number of hydrogen-bond acceptors (Lipinski definition) is 3. The number of rotatable bonds is 4. The van der Waals surface area contributed by atoms with Crippen LogP contribution in [0.2, 0.25) is 0 Å². The fourth-order valence-electron chi connectivity index (χ4n) is 1.38. The van der Waals surface area contributed by atoms with Gasteiger partial charge in [0.05, 0.1) is 16.4 Å². The highest BCUT2D eigenvalue weighted by Gasteiger charge is 2.06. The number of nitrogens with zero attached hydrogens (tertiary/aromatic N) is 1. The minimum Gasteiger partial charge on any atom is -0.469 e. The molecular formula is C12H11BrN2O2. The van der Waals surface area contributed by atoms with Gasteiger partial charge in [0.1, 0.15) is 5.76 Å². The first kappa shape index (κ1) is 11.9. The van der Waals surface area contributed by atoms with Crippen LogP contribution in [0.4, 0.5) is 5.69 Å². The maximum atomic E-state index is 11.7. The maximum absolute atomic E-state index is 11.7. The van der Waals surface area contributed by atoms with Crippen LogP contribution >= 0.6 is 15.9 Å². The Labute approximate surface area is 107 Å². The molecule has 1 N–H and O–H groups in total. The van der Waals surface area contributed by atoms with Crippen molar-refractivity contribution in [3.8, 4) is 0 Å². The Balaban J connectivity index is 1.87. The summed E-state index contributed by atoms with van der Waals surface area (Å²) in [6, 6.07) is 5.41. The molecule has 17 heavy (non-hydrogen) atoms. The molecular weight excluding hydrogens is 284 g/mol. The summed E-state index contributed by atoms with van der Waals surface area (Å²) in [6.45, 7) is 0. The Kier molecular flexibility index (Phi) is 3.93. The van der Waals surface area contributed by atoms with Crippen molar-refractivity contribution < 1.29 is 9.21 Å². The van der Waals surface area contributed by atoms with E-state index in [4.69, 9.17) is 4.42 Å². The van der Waals surface area contributed by atoms with Crippen molar-refractivity contribution >= 4 is 27.5 Å². The Morgan fingerprint density at radius 3 is 3.06 bits per heavy atom. The second-order valence-electron chi connectivity index (χ2n) is 3.48. The number of halogens is 1. The Hall–Kier alpha value is -1.62. The molecule has 1 amide bonds. The quantitative estimate of drug-likeness (QED) is 0.943. The van der Waals surface area contributed by atoms with Crippen molar-refractivity contribution in [1.29, 1.82) is 0 Å². The van der Waals surface area contributed by atoms with E-state index < -0.39 is 0 Å². The first-order valence-corrected chi connectivity index (χ1v) is 5.97. The highest BCUT2D eigenvalue weighted by molar-refractivity contribution is 9.10. The second-order valence-corrected chi connectivity index (χ2v) is 4.34. The van der Waals surface area contributed by atoms with Gasteiger partial charge in [-0.2, -0.15) is 0 Å². The second kappa shape index (κ2) is 5.63. The normalized spacial score (nSPS) is 10.2. The molecule has 0 aliphatic carbocycles. The van der Waals surface area contributed by atoms with Crippen LogP contribution in [-0.2, 0) is 11.2 Å². The van der Waals surface area contributed by atoms with Gasteiger partial charge in [-0.25, -0.2) is 0 Å². The molecule has 0 spiro atoms. The average molecular weight is 295 g/mol. The number of aryl methyl sites for hydroxylation is 1. The maximum Gasteiger partial charge on any atom is 0.224 e. The zero-order valence-corrected chi connectivity index (χ0v) is 10.6. The van der Waals surface area contributed by atoms with E-state index >= 15 is 0 Å². The molecule has 88 valence electrons. The summed E-state index contributed by atoms with van der Waals surface area (Å²) in [7, 11) is 0. The SMILES string of the molecule is O=C(CCc1ccco1)Nc1ccncc1Br. The monoisotopic (exact) mass is 294 g/mol. The van der Waals surface area contributed by atoms with Gasteiger partial charge < -0.3 is 9.73 Å². The van der Waals surface area contributed by atoms with Crippen molar-refractivity contribution in [1.82, 2.24) is 4.98 Å². The fourth-order valence-corrected chi connectivity index (χ4v) is 1.73. The van der Waals surface area contributed by atoms with Gasteiger partial charge >= 0.3 is 0 Å². The molecule has 0 atom stereocenters. The molecule has 2 rings (SSSR count). The molecule has 0 aromatic carbocycles. The third-order valence-electron chi connectivity index (χ3n) is 2.23. The predicted molar refractivity (Wildman–Crippen MR) is 67.6 cm³/mol. The van der Waals surface area contributed by atoms with Crippen molar-refractivity contribution in [2.45, 2.75) is 12.8 Å². The molecule has 0 aliphatic heterocycles. The number of aromatic nitrogens is 1. The standard InChI is InChI=1S/C12H11BrN2O2/c13-10-8-14-6-5-11(10)15-12(16)4-3-9-2-1-7-17-9/h1-2,5-8H,3-4H2,(H,14,15,16). The largest absolute Gasteiger partial charge is 0.469 e. The molecule has 2 aromatic heterocycles. The summed E-state index contributed by atoms with van der Waals surface area (Å²) < 4.78 is 5.93. The van der Waals surface area contributed by atoms with Crippen molar-refractivity contribution in [2.75, 3.05) is 5.32 Å². The van der Waals surface area contributed by atoms with Crippen LogP contribution in [0.3, 0.4) is 0 Å². The van der Waals surface area contributed by atoms with Crippen LogP contribution in [0, 0.1) is 0 Å².